The van der Waals surface area contributed by atoms with E-state index in [0.717, 1.165) is 17.0 Å². The third-order valence-corrected chi connectivity index (χ3v) is 3.06. The minimum atomic E-state index is 0.652. The van der Waals surface area contributed by atoms with E-state index in [4.69, 9.17) is 15.7 Å². The monoisotopic (exact) mass is 267 g/mol. The molecule has 0 spiro atoms. The van der Waals surface area contributed by atoms with Gasteiger partial charge in [-0.05, 0) is 35.9 Å². The zero-order valence-corrected chi connectivity index (χ0v) is 11.6. The third-order valence-electron chi connectivity index (χ3n) is 3.06. The summed E-state index contributed by atoms with van der Waals surface area (Å²) in [5.74, 6) is 0.749. The number of ether oxygens (including phenoxy) is 1. The van der Waals surface area contributed by atoms with Crippen molar-refractivity contribution < 1.29 is 4.74 Å². The fraction of sp³-hybridized carbons (Fsp3) is 0.188. The lowest BCUT2D eigenvalue weighted by atomic mass is 10.1. The summed E-state index contributed by atoms with van der Waals surface area (Å²) >= 11 is 0. The van der Waals surface area contributed by atoms with Crippen LogP contribution in [0.15, 0.2) is 42.5 Å². The fourth-order valence-electron chi connectivity index (χ4n) is 2.07. The van der Waals surface area contributed by atoms with E-state index in [9.17, 15) is 0 Å². The zero-order valence-electron chi connectivity index (χ0n) is 11.6. The first-order valence-electron chi connectivity index (χ1n) is 6.27. The molecule has 0 saturated heterocycles. The minimum absolute atomic E-state index is 0.652. The van der Waals surface area contributed by atoms with Crippen LogP contribution in [0.4, 0.5) is 11.4 Å². The highest BCUT2D eigenvalue weighted by molar-refractivity contribution is 5.53. The van der Waals surface area contributed by atoms with Crippen molar-refractivity contribution in [1.82, 2.24) is 0 Å². The number of rotatable bonds is 4. The van der Waals surface area contributed by atoms with E-state index in [2.05, 4.69) is 11.0 Å². The number of hydrogen-bond acceptors (Lipinski definition) is 4. The highest BCUT2D eigenvalue weighted by atomic mass is 16.5. The summed E-state index contributed by atoms with van der Waals surface area (Å²) in [6.07, 6.45) is 0. The van der Waals surface area contributed by atoms with Gasteiger partial charge in [-0.3, -0.25) is 0 Å². The molecular weight excluding hydrogens is 250 g/mol. The summed E-state index contributed by atoms with van der Waals surface area (Å²) in [5.41, 5.74) is 9.24. The van der Waals surface area contributed by atoms with Gasteiger partial charge in [0.1, 0.15) is 5.75 Å². The van der Waals surface area contributed by atoms with Crippen molar-refractivity contribution in [2.24, 2.45) is 0 Å². The molecule has 0 aromatic heterocycles. The Morgan fingerprint density at radius 1 is 1.25 bits per heavy atom. The van der Waals surface area contributed by atoms with Gasteiger partial charge in [-0.15, -0.1) is 0 Å². The Hall–Kier alpha value is -2.67. The molecule has 0 bridgehead atoms. The van der Waals surface area contributed by atoms with Gasteiger partial charge in [0.15, 0.2) is 0 Å². The molecule has 0 aliphatic rings. The average Bonchev–Trinajstić information content (AvgIpc) is 2.46. The first kappa shape index (κ1) is 13.8. The number of methoxy groups -OCH3 is 1. The lowest BCUT2D eigenvalue weighted by Crippen LogP contribution is -2.16. The van der Waals surface area contributed by atoms with Crippen LogP contribution in [0.3, 0.4) is 0 Å². The Kier molecular flexibility index (Phi) is 4.11. The second-order valence-electron chi connectivity index (χ2n) is 4.63. The third kappa shape index (κ3) is 3.21. The molecule has 2 aromatic carbocycles. The molecule has 20 heavy (non-hydrogen) atoms. The topological polar surface area (TPSA) is 62.3 Å². The van der Waals surface area contributed by atoms with Crippen LogP contribution < -0.4 is 15.4 Å². The van der Waals surface area contributed by atoms with Gasteiger partial charge in [0.05, 0.1) is 18.7 Å². The summed E-state index contributed by atoms with van der Waals surface area (Å²) in [6, 6.07) is 15.3. The predicted octanol–water partition coefficient (Wildman–Crippen LogP) is 2.79. The summed E-state index contributed by atoms with van der Waals surface area (Å²) in [7, 11) is 3.60. The Balaban J connectivity index is 2.20. The van der Waals surface area contributed by atoms with E-state index in [1.807, 2.05) is 37.4 Å². The van der Waals surface area contributed by atoms with Crippen LogP contribution >= 0.6 is 0 Å². The lowest BCUT2D eigenvalue weighted by Gasteiger charge is -2.20. The SMILES string of the molecule is COc1cc(N)cc(CN(C)c2cccc(C#N)c2)c1. The van der Waals surface area contributed by atoms with E-state index in [1.165, 1.54) is 0 Å². The molecule has 4 nitrogen and oxygen atoms in total. The van der Waals surface area contributed by atoms with Crippen molar-refractivity contribution in [2.75, 3.05) is 24.8 Å². The quantitative estimate of drug-likeness (QED) is 0.865. The molecule has 0 aliphatic carbocycles. The van der Waals surface area contributed by atoms with Gasteiger partial charge in [-0.1, -0.05) is 6.07 Å². The summed E-state index contributed by atoms with van der Waals surface area (Å²) in [6.45, 7) is 0.691. The highest BCUT2D eigenvalue weighted by Crippen LogP contribution is 2.22. The van der Waals surface area contributed by atoms with Crippen molar-refractivity contribution in [3.05, 3.63) is 53.6 Å². The van der Waals surface area contributed by atoms with Crippen LogP contribution in [0.2, 0.25) is 0 Å². The van der Waals surface area contributed by atoms with Gasteiger partial charge in [-0.25, -0.2) is 0 Å². The minimum Gasteiger partial charge on any atom is -0.497 e. The molecular formula is C16H17N3O. The molecule has 0 radical (unpaired) electrons. The van der Waals surface area contributed by atoms with E-state index in [0.29, 0.717) is 17.8 Å². The second-order valence-corrected chi connectivity index (χ2v) is 4.63. The van der Waals surface area contributed by atoms with Crippen LogP contribution in [0, 0.1) is 11.3 Å². The number of nitriles is 1. The van der Waals surface area contributed by atoms with Crippen molar-refractivity contribution in [2.45, 2.75) is 6.54 Å². The number of anilines is 2. The van der Waals surface area contributed by atoms with Crippen LogP contribution in [0.1, 0.15) is 11.1 Å². The molecule has 4 heteroatoms. The molecule has 0 saturated carbocycles. The maximum absolute atomic E-state index is 8.94. The van der Waals surface area contributed by atoms with Gasteiger partial charge >= 0.3 is 0 Å². The summed E-state index contributed by atoms with van der Waals surface area (Å²) in [4.78, 5) is 2.06. The average molecular weight is 267 g/mol. The van der Waals surface area contributed by atoms with E-state index >= 15 is 0 Å². The first-order chi connectivity index (χ1) is 9.62. The largest absolute Gasteiger partial charge is 0.497 e. The fourth-order valence-corrected chi connectivity index (χ4v) is 2.07. The number of nitrogens with zero attached hydrogens (tertiary/aromatic N) is 2. The van der Waals surface area contributed by atoms with Gasteiger partial charge in [0, 0.05) is 31.0 Å². The standard InChI is InChI=1S/C16H17N3O/c1-19(15-5-3-4-12(7-15)10-17)11-13-6-14(18)9-16(8-13)20-2/h3-9H,11,18H2,1-2H3. The summed E-state index contributed by atoms with van der Waals surface area (Å²) in [5, 5.41) is 8.94. The van der Waals surface area contributed by atoms with Gasteiger partial charge in [0.2, 0.25) is 0 Å². The number of nitrogens with two attached hydrogens (primary N) is 1. The number of benzene rings is 2. The highest BCUT2D eigenvalue weighted by Gasteiger charge is 2.05. The van der Waals surface area contributed by atoms with Crippen LogP contribution in [0.25, 0.3) is 0 Å². The normalized spacial score (nSPS) is 9.85. The molecule has 0 unspecified atom stereocenters. The molecule has 0 fully saturated rings. The van der Waals surface area contributed by atoms with Gasteiger partial charge in [0.25, 0.3) is 0 Å². The second kappa shape index (κ2) is 5.98. The van der Waals surface area contributed by atoms with Crippen molar-refractivity contribution in [3.63, 3.8) is 0 Å². The van der Waals surface area contributed by atoms with Gasteiger partial charge in [-0.2, -0.15) is 5.26 Å². The zero-order chi connectivity index (χ0) is 14.5. The smallest absolute Gasteiger partial charge is 0.121 e. The molecule has 0 heterocycles. The Morgan fingerprint density at radius 2 is 2.05 bits per heavy atom. The molecule has 102 valence electrons. The van der Waals surface area contributed by atoms with Crippen LogP contribution in [-0.2, 0) is 6.54 Å². The number of nitrogen functional groups attached to an aromatic ring is 1. The van der Waals surface area contributed by atoms with Crippen molar-refractivity contribution in [3.8, 4) is 11.8 Å². The molecule has 0 amide bonds. The van der Waals surface area contributed by atoms with E-state index in [-0.39, 0.29) is 0 Å². The molecule has 2 rings (SSSR count). The molecule has 0 aliphatic heterocycles. The van der Waals surface area contributed by atoms with E-state index in [1.54, 1.807) is 19.2 Å². The van der Waals surface area contributed by atoms with Crippen LogP contribution in [0.5, 0.6) is 5.75 Å². The van der Waals surface area contributed by atoms with E-state index < -0.39 is 0 Å². The van der Waals surface area contributed by atoms with Crippen molar-refractivity contribution >= 4 is 11.4 Å². The summed E-state index contributed by atoms with van der Waals surface area (Å²) < 4.78 is 5.22. The maximum atomic E-state index is 8.94. The van der Waals surface area contributed by atoms with Crippen molar-refractivity contribution in [1.29, 1.82) is 5.26 Å². The maximum Gasteiger partial charge on any atom is 0.121 e. The first-order valence-corrected chi connectivity index (χ1v) is 6.27. The Labute approximate surface area is 119 Å². The molecule has 0 atom stereocenters. The Morgan fingerprint density at radius 3 is 2.75 bits per heavy atom. The Bertz CT molecular complexity index is 646. The molecule has 2 N–H and O–H groups in total. The number of hydrogen-bond donors (Lipinski definition) is 1. The van der Waals surface area contributed by atoms with Gasteiger partial charge < -0.3 is 15.4 Å². The predicted molar refractivity (Wildman–Crippen MR) is 80.7 cm³/mol. The van der Waals surface area contributed by atoms with Crippen LogP contribution in [-0.4, -0.2) is 14.2 Å². The lowest BCUT2D eigenvalue weighted by molar-refractivity contribution is 0.414. The molecule has 2 aromatic rings.